The van der Waals surface area contributed by atoms with E-state index >= 15 is 0 Å². The Labute approximate surface area is 256 Å². The number of carbonyl (C=O) groups excluding carboxylic acids is 1. The summed E-state index contributed by atoms with van der Waals surface area (Å²) in [7, 11) is 0. The molecule has 0 saturated carbocycles. The molecule has 0 fully saturated rings. The van der Waals surface area contributed by atoms with Crippen LogP contribution in [0.4, 0.5) is 36.8 Å². The minimum atomic E-state index is -5.09. The molecule has 0 aromatic carbocycles. The number of ether oxygens (including phenoxy) is 2. The van der Waals surface area contributed by atoms with Crippen molar-refractivity contribution in [1.82, 2.24) is 20.5 Å². The van der Waals surface area contributed by atoms with Gasteiger partial charge >= 0.3 is 18.4 Å². The molecule has 1 unspecified atom stereocenters. The average molecular weight is 644 g/mol. The number of nitrogens with zero attached hydrogens (tertiary/aromatic N) is 3. The fraction of sp³-hybridized carbons (Fsp3) is 0.467. The van der Waals surface area contributed by atoms with Crippen LogP contribution in [0.3, 0.4) is 0 Å². The third kappa shape index (κ3) is 9.26. The number of alkyl halides is 6. The Kier molecular flexibility index (Phi) is 11.4. The molecule has 1 aliphatic rings. The van der Waals surface area contributed by atoms with E-state index in [2.05, 4.69) is 39.0 Å². The van der Waals surface area contributed by atoms with Crippen LogP contribution in [-0.4, -0.2) is 46.2 Å². The zero-order chi connectivity index (χ0) is 33.5. The molecule has 2 aromatic rings. The molecule has 0 bridgehead atoms. The number of anilines is 1. The number of aromatic nitrogens is 3. The van der Waals surface area contributed by atoms with E-state index in [1.54, 1.807) is 24.3 Å². The monoisotopic (exact) mass is 643 g/mol. The van der Waals surface area contributed by atoms with Gasteiger partial charge in [-0.05, 0) is 58.2 Å². The van der Waals surface area contributed by atoms with Gasteiger partial charge in [0.2, 0.25) is 5.60 Å². The molecular weight excluding hydrogens is 608 g/mol. The fourth-order valence-corrected chi connectivity index (χ4v) is 4.21. The Morgan fingerprint density at radius 2 is 1.82 bits per heavy atom. The number of halogens is 6. The van der Waals surface area contributed by atoms with Crippen molar-refractivity contribution >= 4 is 11.8 Å². The quantitative estimate of drug-likeness (QED) is 0.129. The summed E-state index contributed by atoms with van der Waals surface area (Å²) in [5.41, 5.74) is -6.52. The van der Waals surface area contributed by atoms with Crippen molar-refractivity contribution in [2.75, 3.05) is 18.5 Å². The second-order valence-electron chi connectivity index (χ2n) is 11.0. The van der Waals surface area contributed by atoms with Crippen molar-refractivity contribution < 1.29 is 45.0 Å². The topological polar surface area (TPSA) is 111 Å². The molecule has 1 amide bonds. The highest BCUT2D eigenvalue weighted by molar-refractivity contribution is 5.89. The van der Waals surface area contributed by atoms with Crippen LogP contribution in [0.5, 0.6) is 0 Å². The fourth-order valence-electron chi connectivity index (χ4n) is 4.21. The number of hydrogen-bond donors (Lipinski definition) is 2. The zero-order valence-electron chi connectivity index (χ0n) is 25.1. The Hall–Kier alpha value is -3.98. The van der Waals surface area contributed by atoms with Gasteiger partial charge in [-0.15, -0.1) is 23.4 Å². The predicted octanol–water partition coefficient (Wildman–Crippen LogP) is 7.79. The van der Waals surface area contributed by atoms with E-state index in [9.17, 15) is 31.1 Å². The first-order valence-electron chi connectivity index (χ1n) is 13.9. The third-order valence-electron chi connectivity index (χ3n) is 6.28. The Morgan fingerprint density at radius 3 is 2.40 bits per heavy atom. The highest BCUT2D eigenvalue weighted by Crippen LogP contribution is 2.46. The number of nitrogens with one attached hydrogen (secondary N) is 2. The van der Waals surface area contributed by atoms with Crippen molar-refractivity contribution in [1.29, 1.82) is 0 Å². The lowest BCUT2D eigenvalue weighted by atomic mass is 9.98. The molecule has 0 spiro atoms. The Bertz CT molecular complexity index is 1430. The van der Waals surface area contributed by atoms with Crippen LogP contribution in [0.1, 0.15) is 63.6 Å². The van der Waals surface area contributed by atoms with Gasteiger partial charge in [0.1, 0.15) is 5.60 Å². The van der Waals surface area contributed by atoms with Crippen LogP contribution in [0.15, 0.2) is 59.6 Å². The van der Waals surface area contributed by atoms with Gasteiger partial charge in [-0.3, -0.25) is 5.32 Å². The van der Waals surface area contributed by atoms with Gasteiger partial charge in [0.05, 0.1) is 23.6 Å². The minimum Gasteiger partial charge on any atom is -0.444 e. The molecule has 1 atom stereocenters. The molecule has 1 aliphatic carbocycles. The number of hydrogen-bond acceptors (Lipinski definition) is 8. The molecule has 2 N–H and O–H groups in total. The maximum absolute atomic E-state index is 14.7. The van der Waals surface area contributed by atoms with Gasteiger partial charge in [0.15, 0.2) is 5.69 Å². The molecule has 2 heterocycles. The third-order valence-corrected chi connectivity index (χ3v) is 6.28. The summed E-state index contributed by atoms with van der Waals surface area (Å²) in [4.78, 5) is 16.6. The zero-order valence-corrected chi connectivity index (χ0v) is 25.1. The summed E-state index contributed by atoms with van der Waals surface area (Å²) >= 11 is 0. The number of carbonyl (C=O) groups is 1. The van der Waals surface area contributed by atoms with E-state index in [1.165, 1.54) is 20.8 Å². The summed E-state index contributed by atoms with van der Waals surface area (Å²) in [5, 5.41) is 12.3. The molecule has 3 rings (SSSR count). The summed E-state index contributed by atoms with van der Waals surface area (Å²) in [5.74, 6) is -1.73. The first kappa shape index (κ1) is 35.5. The highest BCUT2D eigenvalue weighted by atomic mass is 19.4. The van der Waals surface area contributed by atoms with Crippen molar-refractivity contribution in [3.8, 4) is 11.6 Å². The molecular formula is C30H35F6N5O4. The standard InChI is InChI=1S/C30H35F6N5O4/c1-6-8-15-37-17-22-20(29(31,32)33)16-21(39-26(42)45-27(3,4)5)23(38-22)24-40-41-25(44-24)28(14-7-2,30(34,35)36)43-18-19-12-10-9-11-13-19/h6-7,10,12-13,16,37H,1-2,8-9,11,14-15,17-18H2,3-5H3,(H,39,42). The maximum Gasteiger partial charge on any atom is 0.426 e. The van der Waals surface area contributed by atoms with Crippen molar-refractivity contribution in [2.45, 2.75) is 76.6 Å². The van der Waals surface area contributed by atoms with Crippen LogP contribution in [0, 0.1) is 0 Å². The van der Waals surface area contributed by atoms with E-state index < -0.39 is 83.6 Å². The Morgan fingerprint density at radius 1 is 1.09 bits per heavy atom. The second-order valence-corrected chi connectivity index (χ2v) is 11.0. The predicted molar refractivity (Wildman–Crippen MR) is 154 cm³/mol. The summed E-state index contributed by atoms with van der Waals surface area (Å²) in [6.45, 7) is 11.0. The van der Waals surface area contributed by atoms with Crippen molar-refractivity contribution in [3.63, 3.8) is 0 Å². The largest absolute Gasteiger partial charge is 0.444 e. The van der Waals surface area contributed by atoms with Crippen molar-refractivity contribution in [3.05, 3.63) is 72.3 Å². The van der Waals surface area contributed by atoms with E-state index in [-0.39, 0.29) is 6.54 Å². The van der Waals surface area contributed by atoms with Crippen LogP contribution in [-0.2, 0) is 27.8 Å². The first-order chi connectivity index (χ1) is 21.0. The van der Waals surface area contributed by atoms with Crippen LogP contribution in [0.25, 0.3) is 11.6 Å². The van der Waals surface area contributed by atoms with Crippen LogP contribution >= 0.6 is 0 Å². The summed E-state index contributed by atoms with van der Waals surface area (Å²) < 4.78 is 103. The average Bonchev–Trinajstić information content (AvgIpc) is 3.42. The molecule has 2 aromatic heterocycles. The normalized spacial score (nSPS) is 15.3. The number of amides is 1. The molecule has 9 nitrogen and oxygen atoms in total. The minimum absolute atomic E-state index is 0.263. The lowest BCUT2D eigenvalue weighted by Gasteiger charge is -2.32. The molecule has 0 saturated heterocycles. The van der Waals surface area contributed by atoms with E-state index in [4.69, 9.17) is 13.9 Å². The van der Waals surface area contributed by atoms with Crippen LogP contribution < -0.4 is 10.6 Å². The molecule has 246 valence electrons. The number of pyridine rings is 1. The van der Waals surface area contributed by atoms with E-state index in [1.807, 2.05) is 0 Å². The van der Waals surface area contributed by atoms with Gasteiger partial charge in [0, 0.05) is 13.0 Å². The van der Waals surface area contributed by atoms with Gasteiger partial charge < -0.3 is 19.2 Å². The smallest absolute Gasteiger partial charge is 0.426 e. The van der Waals surface area contributed by atoms with Gasteiger partial charge in [-0.1, -0.05) is 30.4 Å². The molecule has 45 heavy (non-hydrogen) atoms. The second kappa shape index (κ2) is 14.4. The van der Waals surface area contributed by atoms with E-state index in [0.29, 0.717) is 24.5 Å². The molecule has 0 aliphatic heterocycles. The number of allylic oxidation sites excluding steroid dienone is 2. The maximum atomic E-state index is 14.7. The summed E-state index contributed by atoms with van der Waals surface area (Å²) in [6, 6.07) is 0.583. The SMILES string of the molecule is C=CCCNCc1nc(-c2nnc(C(CC=C)(OCC3=CCCC=C3)C(F)(F)F)o2)c(NC(=O)OC(C)(C)C)cc1C(F)(F)F. The van der Waals surface area contributed by atoms with Gasteiger partial charge in [0.25, 0.3) is 11.8 Å². The van der Waals surface area contributed by atoms with E-state index in [0.717, 1.165) is 12.5 Å². The summed E-state index contributed by atoms with van der Waals surface area (Å²) in [6.07, 6.45) is -2.47. The lowest BCUT2D eigenvalue weighted by molar-refractivity contribution is -0.289. The number of rotatable bonds is 13. The van der Waals surface area contributed by atoms with Gasteiger partial charge in [-0.2, -0.15) is 26.3 Å². The lowest BCUT2D eigenvalue weighted by Crippen LogP contribution is -2.45. The Balaban J connectivity index is 2.16. The highest BCUT2D eigenvalue weighted by Gasteiger charge is 2.61. The first-order valence-corrected chi connectivity index (χ1v) is 13.9. The molecule has 15 heteroatoms. The van der Waals surface area contributed by atoms with Gasteiger partial charge in [-0.25, -0.2) is 9.78 Å². The van der Waals surface area contributed by atoms with Crippen LogP contribution in [0.2, 0.25) is 0 Å². The molecule has 0 radical (unpaired) electrons. The van der Waals surface area contributed by atoms with Crippen molar-refractivity contribution in [2.24, 2.45) is 0 Å².